The minimum atomic E-state index is -0.342. The topological polar surface area (TPSA) is 67.2 Å². The van der Waals surface area contributed by atoms with Crippen molar-refractivity contribution >= 4 is 5.91 Å². The normalized spacial score (nSPS) is 15.2. The Morgan fingerprint density at radius 1 is 1.03 bits per heavy atom. The number of imidazole rings is 1. The summed E-state index contributed by atoms with van der Waals surface area (Å²) >= 11 is 0. The molecular weight excluding hydrogens is 410 g/mol. The van der Waals surface area contributed by atoms with Crippen molar-refractivity contribution in [3.63, 3.8) is 0 Å². The van der Waals surface area contributed by atoms with Gasteiger partial charge in [0, 0.05) is 30.6 Å². The zero-order valence-electron chi connectivity index (χ0n) is 19.7. The van der Waals surface area contributed by atoms with Crippen LogP contribution >= 0.6 is 0 Å². The van der Waals surface area contributed by atoms with E-state index in [1.54, 1.807) is 0 Å². The van der Waals surface area contributed by atoms with Gasteiger partial charge < -0.3 is 4.57 Å². The Hall–Kier alpha value is -2.92. The largest absolute Gasteiger partial charge is 0.334 e. The van der Waals surface area contributed by atoms with Gasteiger partial charge in [0.05, 0.1) is 5.69 Å². The van der Waals surface area contributed by atoms with E-state index in [2.05, 4.69) is 73.1 Å². The molecular formula is C28H35N3O2. The van der Waals surface area contributed by atoms with Crippen LogP contribution in [-0.4, -0.2) is 20.7 Å². The number of hydrogen-bond acceptors (Lipinski definition) is 3. The summed E-state index contributed by atoms with van der Waals surface area (Å²) in [5.74, 6) is 1.70. The molecule has 0 aliphatic heterocycles. The molecule has 1 aliphatic carbocycles. The van der Waals surface area contributed by atoms with Crippen LogP contribution in [0.25, 0.3) is 22.4 Å². The quantitative estimate of drug-likeness (QED) is 0.294. The van der Waals surface area contributed by atoms with Crippen molar-refractivity contribution < 1.29 is 10.0 Å². The van der Waals surface area contributed by atoms with Gasteiger partial charge in [-0.05, 0) is 29.4 Å². The van der Waals surface area contributed by atoms with Crippen molar-refractivity contribution in [2.75, 3.05) is 0 Å². The lowest BCUT2D eigenvalue weighted by atomic mass is 9.90. The highest BCUT2D eigenvalue weighted by Crippen LogP contribution is 2.37. The Bertz CT molecular complexity index is 1030. The van der Waals surface area contributed by atoms with E-state index in [4.69, 9.17) is 4.98 Å². The van der Waals surface area contributed by atoms with Crippen molar-refractivity contribution in [3.8, 4) is 22.4 Å². The number of carbonyl (C=O) groups excluding carboxylic acids is 1. The molecule has 1 heterocycles. The van der Waals surface area contributed by atoms with Crippen LogP contribution in [0.15, 0.2) is 60.8 Å². The molecule has 0 saturated heterocycles. The van der Waals surface area contributed by atoms with E-state index in [1.807, 2.05) is 11.5 Å². The van der Waals surface area contributed by atoms with Crippen molar-refractivity contribution in [2.24, 2.45) is 11.8 Å². The molecule has 3 aromatic rings. The summed E-state index contributed by atoms with van der Waals surface area (Å²) < 4.78 is 2.23. The van der Waals surface area contributed by atoms with Crippen LogP contribution in [-0.2, 0) is 11.3 Å². The van der Waals surface area contributed by atoms with Gasteiger partial charge in [-0.2, -0.15) is 0 Å². The fourth-order valence-corrected chi connectivity index (χ4v) is 5.10. The van der Waals surface area contributed by atoms with Crippen molar-refractivity contribution in [2.45, 2.75) is 64.8 Å². The molecule has 0 unspecified atom stereocenters. The van der Waals surface area contributed by atoms with E-state index in [-0.39, 0.29) is 18.2 Å². The lowest BCUT2D eigenvalue weighted by Crippen LogP contribution is -2.24. The standard InChI is InChI=1S/C28H35N3O2/c1-20(2)18-31-19-26(24-14-12-23(13-15-24)22-10-4-3-5-11-22)29-28(31)25(17-27(32)30-33)16-21-8-6-7-9-21/h3-5,10-15,19-21,25,33H,6-9,16-18H2,1-2H3,(H,30,32)/t25-/m1/s1. The molecule has 1 aromatic heterocycles. The second-order valence-electron chi connectivity index (χ2n) is 9.80. The Morgan fingerprint density at radius 2 is 1.67 bits per heavy atom. The Kier molecular flexibility index (Phi) is 7.61. The molecule has 1 amide bonds. The predicted octanol–water partition coefficient (Wildman–Crippen LogP) is 6.43. The molecule has 5 nitrogen and oxygen atoms in total. The van der Waals surface area contributed by atoms with Gasteiger partial charge in [0.25, 0.3) is 0 Å². The summed E-state index contributed by atoms with van der Waals surface area (Å²) in [6.45, 7) is 5.25. The lowest BCUT2D eigenvalue weighted by molar-refractivity contribution is -0.129. The molecule has 2 N–H and O–H groups in total. The molecule has 4 rings (SSSR count). The number of benzene rings is 2. The highest BCUT2D eigenvalue weighted by molar-refractivity contribution is 5.75. The van der Waals surface area contributed by atoms with Crippen LogP contribution in [0, 0.1) is 11.8 Å². The smallest absolute Gasteiger partial charge is 0.244 e. The van der Waals surface area contributed by atoms with Crippen LogP contribution < -0.4 is 5.48 Å². The van der Waals surface area contributed by atoms with Gasteiger partial charge in [0.2, 0.25) is 5.91 Å². The highest BCUT2D eigenvalue weighted by Gasteiger charge is 2.27. The first-order valence-electron chi connectivity index (χ1n) is 12.2. The maximum Gasteiger partial charge on any atom is 0.244 e. The average molecular weight is 446 g/mol. The summed E-state index contributed by atoms with van der Waals surface area (Å²) in [6.07, 6.45) is 8.30. The van der Waals surface area contributed by atoms with Crippen LogP contribution in [0.3, 0.4) is 0 Å². The minimum absolute atomic E-state index is 0.00339. The summed E-state index contributed by atoms with van der Waals surface area (Å²) in [5.41, 5.74) is 6.22. The van der Waals surface area contributed by atoms with Crippen molar-refractivity contribution in [1.82, 2.24) is 15.0 Å². The summed E-state index contributed by atoms with van der Waals surface area (Å²) in [7, 11) is 0. The van der Waals surface area contributed by atoms with Gasteiger partial charge >= 0.3 is 0 Å². The maximum atomic E-state index is 12.2. The molecule has 0 spiro atoms. The molecule has 0 bridgehead atoms. The van der Waals surface area contributed by atoms with Gasteiger partial charge in [0.1, 0.15) is 5.82 Å². The Labute approximate surface area is 196 Å². The van der Waals surface area contributed by atoms with Crippen LogP contribution in [0.1, 0.15) is 64.1 Å². The van der Waals surface area contributed by atoms with Crippen LogP contribution in [0.2, 0.25) is 0 Å². The average Bonchev–Trinajstić information content (AvgIpc) is 3.49. The van der Waals surface area contributed by atoms with Gasteiger partial charge in [-0.3, -0.25) is 10.0 Å². The van der Waals surface area contributed by atoms with E-state index in [0.29, 0.717) is 11.8 Å². The molecule has 5 heteroatoms. The van der Waals surface area contributed by atoms with E-state index in [1.165, 1.54) is 36.8 Å². The van der Waals surface area contributed by atoms with E-state index < -0.39 is 0 Å². The lowest BCUT2D eigenvalue weighted by Gasteiger charge is -2.21. The van der Waals surface area contributed by atoms with Crippen molar-refractivity contribution in [1.29, 1.82) is 0 Å². The fraction of sp³-hybridized carbons (Fsp3) is 0.429. The zero-order valence-corrected chi connectivity index (χ0v) is 19.7. The van der Waals surface area contributed by atoms with Crippen molar-refractivity contribution in [3.05, 3.63) is 66.6 Å². The first-order chi connectivity index (χ1) is 16.0. The summed E-state index contributed by atoms with van der Waals surface area (Å²) in [4.78, 5) is 17.2. The molecule has 1 atom stereocenters. The second-order valence-corrected chi connectivity index (χ2v) is 9.80. The van der Waals surface area contributed by atoms with Gasteiger partial charge in [-0.1, -0.05) is 94.1 Å². The number of amides is 1. The van der Waals surface area contributed by atoms with E-state index in [9.17, 15) is 10.0 Å². The molecule has 174 valence electrons. The predicted molar refractivity (Wildman–Crippen MR) is 132 cm³/mol. The van der Waals surface area contributed by atoms with Crippen LogP contribution in [0.4, 0.5) is 0 Å². The summed E-state index contributed by atoms with van der Waals surface area (Å²) in [5, 5.41) is 9.18. The van der Waals surface area contributed by atoms with Crippen LogP contribution in [0.5, 0.6) is 0 Å². The second kappa shape index (κ2) is 10.8. The van der Waals surface area contributed by atoms with E-state index in [0.717, 1.165) is 30.0 Å². The molecule has 1 aliphatic rings. The highest BCUT2D eigenvalue weighted by atomic mass is 16.5. The SMILES string of the molecule is CC(C)Cn1cc(-c2ccc(-c3ccccc3)cc2)nc1[C@@H](CC(=O)NO)CC1CCCC1. The molecule has 1 saturated carbocycles. The first kappa shape index (κ1) is 23.2. The third-order valence-corrected chi connectivity index (χ3v) is 6.67. The number of carbonyl (C=O) groups is 1. The number of nitrogens with zero attached hydrogens (tertiary/aromatic N) is 2. The maximum absolute atomic E-state index is 12.2. The Morgan fingerprint density at radius 3 is 2.30 bits per heavy atom. The number of rotatable bonds is 9. The van der Waals surface area contributed by atoms with Gasteiger partial charge in [0.15, 0.2) is 0 Å². The third kappa shape index (κ3) is 5.91. The fourth-order valence-electron chi connectivity index (χ4n) is 5.10. The first-order valence-corrected chi connectivity index (χ1v) is 12.2. The number of nitrogens with one attached hydrogen (secondary N) is 1. The number of aromatic nitrogens is 2. The van der Waals surface area contributed by atoms with Gasteiger partial charge in [-0.25, -0.2) is 10.5 Å². The third-order valence-electron chi connectivity index (χ3n) is 6.67. The molecule has 1 fully saturated rings. The monoisotopic (exact) mass is 445 g/mol. The molecule has 0 radical (unpaired) electrons. The zero-order chi connectivity index (χ0) is 23.2. The van der Waals surface area contributed by atoms with Gasteiger partial charge in [-0.15, -0.1) is 0 Å². The minimum Gasteiger partial charge on any atom is -0.334 e. The summed E-state index contributed by atoms with van der Waals surface area (Å²) in [6, 6.07) is 18.9. The molecule has 2 aromatic carbocycles. The Balaban J connectivity index is 1.65. The number of hydroxylamine groups is 1. The number of hydrogen-bond donors (Lipinski definition) is 2. The van der Waals surface area contributed by atoms with E-state index >= 15 is 0 Å². The molecule has 33 heavy (non-hydrogen) atoms.